The number of aromatic nitrogens is 1. The van der Waals surface area contributed by atoms with Crippen molar-refractivity contribution < 1.29 is 17.4 Å². The Hall–Kier alpha value is -2.54. The molecule has 1 N–H and O–H groups in total. The number of aryl methyl sites for hydroxylation is 3. The highest BCUT2D eigenvalue weighted by Gasteiger charge is 2.22. The molecule has 24 heavy (non-hydrogen) atoms. The number of benzene rings is 1. The van der Waals surface area contributed by atoms with Gasteiger partial charge in [-0.05, 0) is 63.1 Å². The maximum absolute atomic E-state index is 12.5. The lowest BCUT2D eigenvalue weighted by Gasteiger charge is -2.07. The predicted molar refractivity (Wildman–Crippen MR) is 90.4 cm³/mol. The molecule has 1 aromatic carbocycles. The Kier molecular flexibility index (Phi) is 3.96. The smallest absolute Gasteiger partial charge is 0.295 e. The van der Waals surface area contributed by atoms with E-state index in [0.717, 1.165) is 22.4 Å². The van der Waals surface area contributed by atoms with Gasteiger partial charge in [0.1, 0.15) is 0 Å². The van der Waals surface area contributed by atoms with Gasteiger partial charge in [-0.2, -0.15) is 8.42 Å². The number of furan rings is 1. The molecular weight excluding hydrogens is 328 g/mol. The fourth-order valence-corrected chi connectivity index (χ4v) is 3.45. The summed E-state index contributed by atoms with van der Waals surface area (Å²) in [4.78, 5) is 0. The minimum Gasteiger partial charge on any atom is -0.439 e. The first-order valence-corrected chi connectivity index (χ1v) is 8.89. The van der Waals surface area contributed by atoms with E-state index >= 15 is 0 Å². The van der Waals surface area contributed by atoms with Crippen LogP contribution in [0.5, 0.6) is 0 Å². The molecule has 2 aromatic heterocycles. The minimum atomic E-state index is -3.82. The molecule has 6 nitrogen and oxygen atoms in total. The largest absolute Gasteiger partial charge is 0.439 e. The normalized spacial score (nSPS) is 11.7. The van der Waals surface area contributed by atoms with Gasteiger partial charge in [-0.1, -0.05) is 11.2 Å². The highest BCUT2D eigenvalue weighted by molar-refractivity contribution is 7.92. The van der Waals surface area contributed by atoms with E-state index in [4.69, 9.17) is 8.94 Å². The number of sulfonamides is 1. The molecular formula is C17H18N2O4S. The quantitative estimate of drug-likeness (QED) is 0.772. The molecule has 0 aliphatic rings. The maximum atomic E-state index is 12.5. The summed E-state index contributed by atoms with van der Waals surface area (Å²) in [5, 5.41) is 3.68. The van der Waals surface area contributed by atoms with Crippen LogP contribution >= 0.6 is 0 Å². The molecule has 0 unspecified atom stereocenters. The van der Waals surface area contributed by atoms with E-state index in [9.17, 15) is 8.42 Å². The van der Waals surface area contributed by atoms with Crippen LogP contribution in [-0.4, -0.2) is 13.6 Å². The Morgan fingerprint density at radius 3 is 2.25 bits per heavy atom. The summed E-state index contributed by atoms with van der Waals surface area (Å²) in [5.41, 5.74) is 3.99. The summed E-state index contributed by atoms with van der Waals surface area (Å²) >= 11 is 0. The van der Waals surface area contributed by atoms with Crippen molar-refractivity contribution in [1.29, 1.82) is 0 Å². The van der Waals surface area contributed by atoms with Crippen molar-refractivity contribution in [3.63, 3.8) is 0 Å². The number of anilines is 1. The van der Waals surface area contributed by atoms with Crippen LogP contribution in [0.4, 0.5) is 5.69 Å². The molecule has 0 fully saturated rings. The van der Waals surface area contributed by atoms with Gasteiger partial charge in [-0.25, -0.2) is 0 Å². The van der Waals surface area contributed by atoms with Crippen molar-refractivity contribution in [3.05, 3.63) is 52.7 Å². The van der Waals surface area contributed by atoms with E-state index < -0.39 is 10.0 Å². The average Bonchev–Trinajstić information content (AvgIpc) is 3.06. The van der Waals surface area contributed by atoms with Crippen molar-refractivity contribution in [3.8, 4) is 11.5 Å². The average molecular weight is 346 g/mol. The van der Waals surface area contributed by atoms with Gasteiger partial charge >= 0.3 is 0 Å². The summed E-state index contributed by atoms with van der Waals surface area (Å²) in [6, 6.07) is 8.45. The number of nitrogens with zero attached hydrogens (tertiary/aromatic N) is 1. The molecule has 0 saturated heterocycles. The summed E-state index contributed by atoms with van der Waals surface area (Å²) in [6.45, 7) is 7.46. The van der Waals surface area contributed by atoms with Crippen LogP contribution in [0.15, 0.2) is 44.4 Å². The van der Waals surface area contributed by atoms with Crippen molar-refractivity contribution >= 4 is 15.7 Å². The highest BCUT2D eigenvalue weighted by Crippen LogP contribution is 2.29. The third-order valence-corrected chi connectivity index (χ3v) is 4.95. The molecule has 0 atom stereocenters. The second-order valence-corrected chi connectivity index (χ2v) is 7.44. The topological polar surface area (TPSA) is 85.3 Å². The SMILES string of the molecule is Cc1cc(C)cc(NS(=O)(=O)c2ccc(-c3onc(C)c3C)o2)c1. The van der Waals surface area contributed by atoms with Gasteiger partial charge in [-0.3, -0.25) is 4.72 Å². The van der Waals surface area contributed by atoms with Crippen molar-refractivity contribution in [2.75, 3.05) is 4.72 Å². The summed E-state index contributed by atoms with van der Waals surface area (Å²) in [5.74, 6) is 0.759. The van der Waals surface area contributed by atoms with Crippen molar-refractivity contribution in [2.24, 2.45) is 0 Å². The van der Waals surface area contributed by atoms with Crippen LogP contribution in [0, 0.1) is 27.7 Å². The van der Waals surface area contributed by atoms with Gasteiger partial charge in [0.25, 0.3) is 10.0 Å². The van der Waals surface area contributed by atoms with Crippen molar-refractivity contribution in [2.45, 2.75) is 32.8 Å². The van der Waals surface area contributed by atoms with Gasteiger partial charge in [-0.15, -0.1) is 0 Å². The molecule has 0 aliphatic heterocycles. The molecule has 0 aliphatic carbocycles. The monoisotopic (exact) mass is 346 g/mol. The van der Waals surface area contributed by atoms with Crippen LogP contribution in [0.1, 0.15) is 22.4 Å². The lowest BCUT2D eigenvalue weighted by atomic mass is 10.1. The molecule has 7 heteroatoms. The van der Waals surface area contributed by atoms with Crippen LogP contribution in [0.2, 0.25) is 0 Å². The molecule has 0 amide bonds. The second kappa shape index (κ2) is 5.83. The highest BCUT2D eigenvalue weighted by atomic mass is 32.2. The Labute approximate surface area is 140 Å². The van der Waals surface area contributed by atoms with E-state index in [2.05, 4.69) is 9.88 Å². The van der Waals surface area contributed by atoms with E-state index in [0.29, 0.717) is 17.2 Å². The first kappa shape index (κ1) is 16.3. The van der Waals surface area contributed by atoms with E-state index in [1.807, 2.05) is 33.8 Å². The van der Waals surface area contributed by atoms with Gasteiger partial charge in [0, 0.05) is 11.3 Å². The second-order valence-electron chi connectivity index (χ2n) is 5.82. The maximum Gasteiger partial charge on any atom is 0.295 e. The van der Waals surface area contributed by atoms with Gasteiger partial charge in [0.15, 0.2) is 5.76 Å². The summed E-state index contributed by atoms with van der Waals surface area (Å²) in [6.07, 6.45) is 0. The number of hydrogen-bond donors (Lipinski definition) is 1. The Balaban J connectivity index is 1.92. The Morgan fingerprint density at radius 1 is 1.00 bits per heavy atom. The number of nitrogens with one attached hydrogen (secondary N) is 1. The Bertz CT molecular complexity index is 979. The molecule has 0 radical (unpaired) electrons. The number of rotatable bonds is 4. The molecule has 0 saturated carbocycles. The standard InChI is InChI=1S/C17H18N2O4S/c1-10-7-11(2)9-14(8-10)19-24(20,21)16-6-5-15(22-16)17-12(3)13(4)18-23-17/h5-9,19H,1-4H3. The molecule has 3 aromatic rings. The van der Waals surface area contributed by atoms with Crippen LogP contribution in [0.3, 0.4) is 0 Å². The van der Waals surface area contributed by atoms with E-state index in [1.54, 1.807) is 18.2 Å². The summed E-state index contributed by atoms with van der Waals surface area (Å²) in [7, 11) is -3.82. The van der Waals surface area contributed by atoms with Gasteiger partial charge in [0.2, 0.25) is 10.9 Å². The van der Waals surface area contributed by atoms with E-state index in [-0.39, 0.29) is 5.09 Å². The molecule has 2 heterocycles. The lowest BCUT2D eigenvalue weighted by molar-refractivity contribution is 0.398. The van der Waals surface area contributed by atoms with Crippen molar-refractivity contribution in [1.82, 2.24) is 5.16 Å². The lowest BCUT2D eigenvalue weighted by Crippen LogP contribution is -2.12. The van der Waals surface area contributed by atoms with Crippen LogP contribution < -0.4 is 4.72 Å². The minimum absolute atomic E-state index is 0.176. The van der Waals surface area contributed by atoms with Crippen LogP contribution in [-0.2, 0) is 10.0 Å². The predicted octanol–water partition coefficient (Wildman–Crippen LogP) is 3.97. The fourth-order valence-electron chi connectivity index (χ4n) is 2.47. The zero-order valence-corrected chi connectivity index (χ0v) is 14.7. The molecule has 126 valence electrons. The van der Waals surface area contributed by atoms with Gasteiger partial charge in [0.05, 0.1) is 5.69 Å². The molecule has 3 rings (SSSR count). The Morgan fingerprint density at radius 2 is 1.67 bits per heavy atom. The summed E-state index contributed by atoms with van der Waals surface area (Å²) < 4.78 is 38.2. The first-order chi connectivity index (χ1) is 11.3. The fraction of sp³-hybridized carbons (Fsp3) is 0.235. The number of hydrogen-bond acceptors (Lipinski definition) is 5. The zero-order chi connectivity index (χ0) is 17.5. The zero-order valence-electron chi connectivity index (χ0n) is 13.9. The first-order valence-electron chi connectivity index (χ1n) is 7.40. The van der Waals surface area contributed by atoms with E-state index in [1.165, 1.54) is 6.07 Å². The molecule has 0 bridgehead atoms. The third-order valence-electron chi connectivity index (χ3n) is 3.70. The third kappa shape index (κ3) is 3.07. The molecule has 0 spiro atoms. The van der Waals surface area contributed by atoms with Gasteiger partial charge < -0.3 is 8.94 Å². The van der Waals surface area contributed by atoms with Crippen LogP contribution in [0.25, 0.3) is 11.5 Å².